The highest BCUT2D eigenvalue weighted by Crippen LogP contribution is 2.20. The molecular weight excluding hydrogens is 318 g/mol. The maximum absolute atomic E-state index is 11.9. The molecule has 1 rings (SSSR count). The lowest BCUT2D eigenvalue weighted by Gasteiger charge is -2.08. The van der Waals surface area contributed by atoms with Gasteiger partial charge < -0.3 is 14.8 Å². The van der Waals surface area contributed by atoms with Crippen LogP contribution in [0.2, 0.25) is 0 Å². The van der Waals surface area contributed by atoms with Crippen LogP contribution in [-0.2, 0) is 18.5 Å². The van der Waals surface area contributed by atoms with Crippen molar-refractivity contribution in [3.63, 3.8) is 0 Å². The second kappa shape index (κ2) is 8.33. The normalized spacial score (nSPS) is 11.4. The summed E-state index contributed by atoms with van der Waals surface area (Å²) in [7, 11) is 3.03. The SMILES string of the molecule is COCCOCCNC(=O)c1ccc(C)c(S(=O)(=O)Cl)c1. The van der Waals surface area contributed by atoms with Gasteiger partial charge in [-0.25, -0.2) is 8.42 Å². The van der Waals surface area contributed by atoms with Crippen molar-refractivity contribution < 1.29 is 22.7 Å². The Morgan fingerprint density at radius 1 is 1.29 bits per heavy atom. The first kappa shape index (κ1) is 17.9. The molecule has 0 aliphatic heterocycles. The summed E-state index contributed by atoms with van der Waals surface area (Å²) in [5.74, 6) is -0.382. The lowest BCUT2D eigenvalue weighted by molar-refractivity contribution is 0.0692. The summed E-state index contributed by atoms with van der Waals surface area (Å²) in [4.78, 5) is 11.8. The Morgan fingerprint density at radius 3 is 2.62 bits per heavy atom. The Bertz CT molecular complexity index is 588. The molecule has 118 valence electrons. The van der Waals surface area contributed by atoms with E-state index in [-0.39, 0.29) is 16.4 Å². The molecule has 1 aromatic carbocycles. The zero-order valence-electron chi connectivity index (χ0n) is 11.9. The fourth-order valence-electron chi connectivity index (χ4n) is 1.59. The molecule has 0 saturated carbocycles. The molecule has 0 fully saturated rings. The maximum Gasteiger partial charge on any atom is 0.261 e. The van der Waals surface area contributed by atoms with Gasteiger partial charge in [0.15, 0.2) is 0 Å². The number of benzene rings is 1. The quantitative estimate of drug-likeness (QED) is 0.572. The molecule has 0 atom stereocenters. The zero-order valence-corrected chi connectivity index (χ0v) is 13.5. The van der Waals surface area contributed by atoms with Gasteiger partial charge in [-0.15, -0.1) is 0 Å². The number of hydrogen-bond donors (Lipinski definition) is 1. The van der Waals surface area contributed by atoms with E-state index >= 15 is 0 Å². The monoisotopic (exact) mass is 335 g/mol. The van der Waals surface area contributed by atoms with Gasteiger partial charge in [-0.05, 0) is 24.6 Å². The van der Waals surface area contributed by atoms with Crippen LogP contribution in [-0.4, -0.2) is 47.8 Å². The zero-order chi connectivity index (χ0) is 15.9. The number of amides is 1. The maximum atomic E-state index is 11.9. The van der Waals surface area contributed by atoms with E-state index in [2.05, 4.69) is 5.32 Å². The van der Waals surface area contributed by atoms with E-state index in [4.69, 9.17) is 20.2 Å². The summed E-state index contributed by atoms with van der Waals surface area (Å²) in [6.45, 7) is 3.22. The highest BCUT2D eigenvalue weighted by atomic mass is 35.7. The fraction of sp³-hybridized carbons (Fsp3) is 0.462. The van der Waals surface area contributed by atoms with Gasteiger partial charge in [0.1, 0.15) is 0 Å². The Hall–Kier alpha value is -1.15. The van der Waals surface area contributed by atoms with Crippen molar-refractivity contribution in [2.45, 2.75) is 11.8 Å². The van der Waals surface area contributed by atoms with E-state index in [0.717, 1.165) is 0 Å². The molecule has 0 spiro atoms. The highest BCUT2D eigenvalue weighted by Gasteiger charge is 2.16. The molecule has 1 N–H and O–H groups in total. The number of nitrogens with one attached hydrogen (secondary N) is 1. The number of carbonyl (C=O) groups is 1. The molecule has 0 saturated heterocycles. The van der Waals surface area contributed by atoms with Crippen LogP contribution < -0.4 is 5.32 Å². The average Bonchev–Trinajstić information content (AvgIpc) is 2.41. The minimum Gasteiger partial charge on any atom is -0.382 e. The van der Waals surface area contributed by atoms with Crippen LogP contribution in [0.25, 0.3) is 0 Å². The first-order valence-corrected chi connectivity index (χ1v) is 8.57. The number of aryl methyl sites for hydroxylation is 1. The van der Waals surface area contributed by atoms with Gasteiger partial charge in [-0.2, -0.15) is 0 Å². The molecular formula is C13H18ClNO5S. The van der Waals surface area contributed by atoms with Crippen molar-refractivity contribution in [3.8, 4) is 0 Å². The predicted molar refractivity (Wildman–Crippen MR) is 79.2 cm³/mol. The summed E-state index contributed by atoms with van der Waals surface area (Å²) in [6.07, 6.45) is 0. The summed E-state index contributed by atoms with van der Waals surface area (Å²) >= 11 is 0. The van der Waals surface area contributed by atoms with Crippen LogP contribution in [0.15, 0.2) is 23.1 Å². The lowest BCUT2D eigenvalue weighted by Crippen LogP contribution is -2.27. The van der Waals surface area contributed by atoms with Crippen LogP contribution in [0.5, 0.6) is 0 Å². The van der Waals surface area contributed by atoms with Crippen molar-refractivity contribution in [1.82, 2.24) is 5.32 Å². The van der Waals surface area contributed by atoms with Crippen molar-refractivity contribution in [2.75, 3.05) is 33.5 Å². The average molecular weight is 336 g/mol. The Balaban J connectivity index is 2.59. The molecule has 8 heteroatoms. The predicted octanol–water partition coefficient (Wildman–Crippen LogP) is 1.32. The second-order valence-corrected chi connectivity index (χ2v) is 6.81. The van der Waals surface area contributed by atoms with Crippen LogP contribution in [0.4, 0.5) is 0 Å². The van der Waals surface area contributed by atoms with Gasteiger partial charge in [-0.1, -0.05) is 6.07 Å². The van der Waals surface area contributed by atoms with Crippen LogP contribution in [0.3, 0.4) is 0 Å². The van der Waals surface area contributed by atoms with Gasteiger partial charge in [0.2, 0.25) is 0 Å². The van der Waals surface area contributed by atoms with Gasteiger partial charge in [0, 0.05) is 29.9 Å². The third-order valence-corrected chi connectivity index (χ3v) is 4.14. The summed E-state index contributed by atoms with van der Waals surface area (Å²) < 4.78 is 32.8. The van der Waals surface area contributed by atoms with Gasteiger partial charge >= 0.3 is 0 Å². The molecule has 0 aromatic heterocycles. The number of carbonyl (C=O) groups excluding carboxylic acids is 1. The van der Waals surface area contributed by atoms with Crippen molar-refractivity contribution >= 4 is 25.6 Å². The molecule has 0 aliphatic carbocycles. The Morgan fingerprint density at radius 2 is 2.00 bits per heavy atom. The van der Waals surface area contributed by atoms with E-state index in [1.165, 1.54) is 6.07 Å². The number of rotatable bonds is 8. The van der Waals surface area contributed by atoms with E-state index in [0.29, 0.717) is 31.9 Å². The van der Waals surface area contributed by atoms with Gasteiger partial charge in [0.05, 0.1) is 24.7 Å². The summed E-state index contributed by atoms with van der Waals surface area (Å²) in [5, 5.41) is 2.63. The molecule has 1 amide bonds. The fourth-order valence-corrected chi connectivity index (χ4v) is 2.81. The van der Waals surface area contributed by atoms with E-state index in [1.807, 2.05) is 0 Å². The second-order valence-electron chi connectivity index (χ2n) is 4.28. The van der Waals surface area contributed by atoms with Crippen LogP contribution >= 0.6 is 10.7 Å². The van der Waals surface area contributed by atoms with E-state index in [9.17, 15) is 13.2 Å². The van der Waals surface area contributed by atoms with E-state index < -0.39 is 9.05 Å². The number of methoxy groups -OCH3 is 1. The number of hydrogen-bond acceptors (Lipinski definition) is 5. The van der Waals surface area contributed by atoms with Crippen molar-refractivity contribution in [3.05, 3.63) is 29.3 Å². The molecule has 21 heavy (non-hydrogen) atoms. The van der Waals surface area contributed by atoms with Crippen molar-refractivity contribution in [1.29, 1.82) is 0 Å². The topological polar surface area (TPSA) is 81.7 Å². The molecule has 0 aliphatic rings. The highest BCUT2D eigenvalue weighted by molar-refractivity contribution is 8.13. The standard InChI is InChI=1S/C13H18ClNO5S/c1-10-3-4-11(9-12(10)21(14,17)18)13(16)15-5-6-20-8-7-19-2/h3-4,9H,5-8H2,1-2H3,(H,15,16). The van der Waals surface area contributed by atoms with Gasteiger partial charge in [-0.3, -0.25) is 4.79 Å². The molecule has 0 radical (unpaired) electrons. The van der Waals surface area contributed by atoms with Gasteiger partial charge in [0.25, 0.3) is 15.0 Å². The smallest absolute Gasteiger partial charge is 0.261 e. The number of ether oxygens (including phenoxy) is 2. The first-order valence-electron chi connectivity index (χ1n) is 6.26. The molecule has 0 bridgehead atoms. The largest absolute Gasteiger partial charge is 0.382 e. The van der Waals surface area contributed by atoms with Crippen LogP contribution in [0.1, 0.15) is 15.9 Å². The molecule has 1 aromatic rings. The van der Waals surface area contributed by atoms with E-state index in [1.54, 1.807) is 26.2 Å². The molecule has 0 heterocycles. The third-order valence-electron chi connectivity index (χ3n) is 2.68. The summed E-state index contributed by atoms with van der Waals surface area (Å²) in [5.41, 5.74) is 0.723. The summed E-state index contributed by atoms with van der Waals surface area (Å²) in [6, 6.07) is 4.35. The lowest BCUT2D eigenvalue weighted by atomic mass is 10.1. The third kappa shape index (κ3) is 6.01. The van der Waals surface area contributed by atoms with Crippen LogP contribution in [0, 0.1) is 6.92 Å². The Kier molecular flexibility index (Phi) is 7.10. The Labute approximate surface area is 128 Å². The first-order chi connectivity index (χ1) is 9.86. The minimum absolute atomic E-state index is 0.0619. The molecule has 6 nitrogen and oxygen atoms in total. The van der Waals surface area contributed by atoms with Crippen molar-refractivity contribution in [2.24, 2.45) is 0 Å². The minimum atomic E-state index is -3.87. The molecule has 0 unspecified atom stereocenters. The number of halogens is 1.